The lowest BCUT2D eigenvalue weighted by molar-refractivity contribution is -0.111. The number of esters is 1. The van der Waals surface area contributed by atoms with Crippen molar-refractivity contribution in [3.05, 3.63) is 65.2 Å². The van der Waals surface area contributed by atoms with Gasteiger partial charge >= 0.3 is 5.97 Å². The number of carbonyl (C=O) groups excluding carboxylic acids is 2. The Kier molecular flexibility index (Phi) is 5.15. The average molecular weight is 310 g/mol. The smallest absolute Gasteiger partial charge is 0.339 e. The number of para-hydroxylation sites is 1. The molecule has 0 unspecified atom stereocenters. The molecule has 0 bridgehead atoms. The van der Waals surface area contributed by atoms with E-state index >= 15 is 0 Å². The van der Waals surface area contributed by atoms with Crippen molar-refractivity contribution in [3.63, 3.8) is 0 Å². The zero-order valence-electron chi connectivity index (χ0n) is 13.0. The van der Waals surface area contributed by atoms with E-state index in [9.17, 15) is 9.59 Å². The number of nitrogens with two attached hydrogens (primary N) is 1. The van der Waals surface area contributed by atoms with E-state index in [0.29, 0.717) is 16.9 Å². The molecule has 5 heteroatoms. The summed E-state index contributed by atoms with van der Waals surface area (Å²) in [6, 6.07) is 12.2. The highest BCUT2D eigenvalue weighted by molar-refractivity contribution is 6.06. The Balaban J connectivity index is 2.12. The molecule has 0 aliphatic carbocycles. The molecule has 118 valence electrons. The Hall–Kier alpha value is -3.08. The van der Waals surface area contributed by atoms with Crippen molar-refractivity contribution in [2.75, 3.05) is 18.2 Å². The second-order valence-corrected chi connectivity index (χ2v) is 4.98. The van der Waals surface area contributed by atoms with Crippen LogP contribution in [0.3, 0.4) is 0 Å². The topological polar surface area (TPSA) is 81.4 Å². The molecule has 0 atom stereocenters. The SMILES string of the molecule is COC(=O)c1ccccc1NC(=O)/C=C/c1ccc(C)c(N)c1. The van der Waals surface area contributed by atoms with Gasteiger partial charge in [-0.1, -0.05) is 24.3 Å². The number of amides is 1. The van der Waals surface area contributed by atoms with Crippen LogP contribution in [0.4, 0.5) is 11.4 Å². The minimum absolute atomic E-state index is 0.302. The fourth-order valence-electron chi connectivity index (χ4n) is 1.99. The van der Waals surface area contributed by atoms with Gasteiger partial charge in [-0.25, -0.2) is 4.79 Å². The summed E-state index contributed by atoms with van der Waals surface area (Å²) in [6.45, 7) is 1.92. The van der Waals surface area contributed by atoms with E-state index in [1.165, 1.54) is 13.2 Å². The van der Waals surface area contributed by atoms with Crippen LogP contribution in [0.5, 0.6) is 0 Å². The second-order valence-electron chi connectivity index (χ2n) is 4.98. The first kappa shape index (κ1) is 16.3. The molecule has 0 saturated heterocycles. The van der Waals surface area contributed by atoms with Gasteiger partial charge in [0.05, 0.1) is 18.4 Å². The van der Waals surface area contributed by atoms with Crippen molar-refractivity contribution in [2.24, 2.45) is 0 Å². The third-order valence-corrected chi connectivity index (χ3v) is 3.32. The fraction of sp³-hybridized carbons (Fsp3) is 0.111. The van der Waals surface area contributed by atoms with Gasteiger partial charge in [0.2, 0.25) is 5.91 Å². The van der Waals surface area contributed by atoms with Gasteiger partial charge in [-0.05, 0) is 42.3 Å². The van der Waals surface area contributed by atoms with Crippen LogP contribution in [-0.4, -0.2) is 19.0 Å². The number of methoxy groups -OCH3 is 1. The summed E-state index contributed by atoms with van der Waals surface area (Å²) in [7, 11) is 1.29. The Bertz CT molecular complexity index is 767. The lowest BCUT2D eigenvalue weighted by Crippen LogP contribution is -2.12. The Morgan fingerprint density at radius 1 is 1.17 bits per heavy atom. The monoisotopic (exact) mass is 310 g/mol. The van der Waals surface area contributed by atoms with Crippen LogP contribution in [-0.2, 0) is 9.53 Å². The number of benzene rings is 2. The number of carbonyl (C=O) groups is 2. The maximum Gasteiger partial charge on any atom is 0.339 e. The van der Waals surface area contributed by atoms with Crippen molar-refractivity contribution >= 4 is 29.3 Å². The minimum atomic E-state index is -0.504. The van der Waals surface area contributed by atoms with Gasteiger partial charge in [0.1, 0.15) is 0 Å². The van der Waals surface area contributed by atoms with E-state index in [2.05, 4.69) is 5.32 Å². The third-order valence-electron chi connectivity index (χ3n) is 3.32. The summed E-state index contributed by atoms with van der Waals surface area (Å²) in [4.78, 5) is 23.7. The third kappa shape index (κ3) is 4.20. The number of ether oxygens (including phenoxy) is 1. The van der Waals surface area contributed by atoms with Gasteiger partial charge in [0.25, 0.3) is 0 Å². The summed E-state index contributed by atoms with van der Waals surface area (Å²) in [5.74, 6) is -0.850. The molecular weight excluding hydrogens is 292 g/mol. The van der Waals surface area contributed by atoms with Crippen LogP contribution >= 0.6 is 0 Å². The molecule has 0 spiro atoms. The highest BCUT2D eigenvalue weighted by Gasteiger charge is 2.11. The number of nitrogens with one attached hydrogen (secondary N) is 1. The first-order chi connectivity index (χ1) is 11.0. The molecule has 2 aromatic rings. The molecule has 2 aromatic carbocycles. The molecule has 0 fully saturated rings. The van der Waals surface area contributed by atoms with Crippen LogP contribution in [0.1, 0.15) is 21.5 Å². The maximum atomic E-state index is 12.0. The zero-order valence-corrected chi connectivity index (χ0v) is 13.0. The zero-order chi connectivity index (χ0) is 16.8. The van der Waals surface area contributed by atoms with E-state index in [0.717, 1.165) is 11.1 Å². The molecule has 0 saturated carbocycles. The maximum absolute atomic E-state index is 12.0. The average Bonchev–Trinajstić information content (AvgIpc) is 2.55. The van der Waals surface area contributed by atoms with Crippen LogP contribution in [0.25, 0.3) is 6.08 Å². The standard InChI is InChI=1S/C18H18N2O3/c1-12-7-8-13(11-15(12)19)9-10-17(21)20-16-6-4-3-5-14(16)18(22)23-2/h3-11H,19H2,1-2H3,(H,20,21)/b10-9+. The molecule has 0 aromatic heterocycles. The minimum Gasteiger partial charge on any atom is -0.465 e. The number of rotatable bonds is 4. The van der Waals surface area contributed by atoms with Gasteiger partial charge in [0.15, 0.2) is 0 Å². The fourth-order valence-corrected chi connectivity index (χ4v) is 1.99. The van der Waals surface area contributed by atoms with E-state index in [1.54, 1.807) is 36.4 Å². The Morgan fingerprint density at radius 3 is 2.61 bits per heavy atom. The molecule has 0 radical (unpaired) electrons. The lowest BCUT2D eigenvalue weighted by atomic mass is 10.1. The molecule has 0 aliphatic rings. The summed E-state index contributed by atoms with van der Waals surface area (Å²) < 4.78 is 4.69. The van der Waals surface area contributed by atoms with E-state index in [1.807, 2.05) is 19.1 Å². The Morgan fingerprint density at radius 2 is 1.91 bits per heavy atom. The van der Waals surface area contributed by atoms with Crippen molar-refractivity contribution in [3.8, 4) is 0 Å². The first-order valence-electron chi connectivity index (χ1n) is 7.04. The molecule has 5 nitrogen and oxygen atoms in total. The van der Waals surface area contributed by atoms with Crippen molar-refractivity contribution in [1.29, 1.82) is 0 Å². The molecule has 0 aliphatic heterocycles. The van der Waals surface area contributed by atoms with Crippen LogP contribution < -0.4 is 11.1 Å². The van der Waals surface area contributed by atoms with Gasteiger partial charge < -0.3 is 15.8 Å². The van der Waals surface area contributed by atoms with Crippen molar-refractivity contribution in [1.82, 2.24) is 0 Å². The highest BCUT2D eigenvalue weighted by Crippen LogP contribution is 2.17. The normalized spacial score (nSPS) is 10.5. The second kappa shape index (κ2) is 7.26. The van der Waals surface area contributed by atoms with E-state index in [-0.39, 0.29) is 5.91 Å². The van der Waals surface area contributed by atoms with Crippen LogP contribution in [0.15, 0.2) is 48.5 Å². The summed E-state index contributed by atoms with van der Waals surface area (Å²) in [6.07, 6.45) is 3.05. The predicted molar refractivity (Wildman–Crippen MR) is 91.0 cm³/mol. The molecule has 0 heterocycles. The molecule has 1 amide bonds. The van der Waals surface area contributed by atoms with Crippen LogP contribution in [0.2, 0.25) is 0 Å². The first-order valence-corrected chi connectivity index (χ1v) is 7.04. The number of nitrogen functional groups attached to an aromatic ring is 1. The van der Waals surface area contributed by atoms with Gasteiger partial charge in [-0.2, -0.15) is 0 Å². The summed E-state index contributed by atoms with van der Waals surface area (Å²) >= 11 is 0. The number of aryl methyl sites for hydroxylation is 1. The number of anilines is 2. The van der Waals surface area contributed by atoms with E-state index in [4.69, 9.17) is 10.5 Å². The quantitative estimate of drug-likeness (QED) is 0.517. The largest absolute Gasteiger partial charge is 0.465 e. The number of hydrogen-bond donors (Lipinski definition) is 2. The summed E-state index contributed by atoms with van der Waals surface area (Å²) in [5.41, 5.74) is 9.01. The molecule has 3 N–H and O–H groups in total. The van der Waals surface area contributed by atoms with Gasteiger partial charge in [-0.3, -0.25) is 4.79 Å². The van der Waals surface area contributed by atoms with Crippen molar-refractivity contribution < 1.29 is 14.3 Å². The summed E-state index contributed by atoms with van der Waals surface area (Å²) in [5, 5.41) is 2.66. The van der Waals surface area contributed by atoms with Gasteiger partial charge in [0, 0.05) is 11.8 Å². The molecule has 23 heavy (non-hydrogen) atoms. The van der Waals surface area contributed by atoms with Crippen molar-refractivity contribution in [2.45, 2.75) is 6.92 Å². The van der Waals surface area contributed by atoms with Gasteiger partial charge in [-0.15, -0.1) is 0 Å². The Labute approximate surface area is 134 Å². The van der Waals surface area contributed by atoms with E-state index < -0.39 is 5.97 Å². The predicted octanol–water partition coefficient (Wildman–Crippen LogP) is 3.02. The molecular formula is C18H18N2O3. The lowest BCUT2D eigenvalue weighted by Gasteiger charge is -2.07. The highest BCUT2D eigenvalue weighted by atomic mass is 16.5. The molecule has 2 rings (SSSR count). The van der Waals surface area contributed by atoms with Crippen LogP contribution in [0, 0.1) is 6.92 Å². The number of hydrogen-bond acceptors (Lipinski definition) is 4.